The van der Waals surface area contributed by atoms with Crippen LogP contribution in [-0.2, 0) is 0 Å². The van der Waals surface area contributed by atoms with E-state index < -0.39 is 0 Å². The molecule has 1 aromatic rings. The zero-order valence-corrected chi connectivity index (χ0v) is 12.9. The SMILES string of the molecule is COc1cc(N)c(Cl)cc1C(=O)N1CCN2CCCC2C1. The lowest BCUT2D eigenvalue weighted by molar-refractivity contribution is 0.0568. The van der Waals surface area contributed by atoms with Gasteiger partial charge in [-0.05, 0) is 25.5 Å². The molecule has 0 aromatic heterocycles. The number of nitrogens with two attached hydrogens (primary N) is 1. The van der Waals surface area contributed by atoms with Crippen molar-refractivity contribution >= 4 is 23.2 Å². The van der Waals surface area contributed by atoms with Crippen LogP contribution in [-0.4, -0.2) is 55.0 Å². The van der Waals surface area contributed by atoms with E-state index in [1.807, 2.05) is 4.90 Å². The molecule has 1 atom stereocenters. The van der Waals surface area contributed by atoms with Crippen molar-refractivity contribution in [2.45, 2.75) is 18.9 Å². The van der Waals surface area contributed by atoms with Gasteiger partial charge in [-0.3, -0.25) is 9.69 Å². The number of benzene rings is 1. The molecule has 1 amide bonds. The van der Waals surface area contributed by atoms with Gasteiger partial charge in [0.1, 0.15) is 5.75 Å². The van der Waals surface area contributed by atoms with Gasteiger partial charge in [0.25, 0.3) is 5.91 Å². The fraction of sp³-hybridized carbons (Fsp3) is 0.533. The summed E-state index contributed by atoms with van der Waals surface area (Å²) in [5, 5.41) is 0.388. The van der Waals surface area contributed by atoms with Gasteiger partial charge in [-0.25, -0.2) is 0 Å². The molecule has 114 valence electrons. The lowest BCUT2D eigenvalue weighted by atomic mass is 10.1. The zero-order chi connectivity index (χ0) is 15.0. The van der Waals surface area contributed by atoms with Crippen LogP contribution < -0.4 is 10.5 Å². The van der Waals surface area contributed by atoms with Crippen LogP contribution in [0.15, 0.2) is 12.1 Å². The van der Waals surface area contributed by atoms with Crippen LogP contribution in [0, 0.1) is 0 Å². The highest BCUT2D eigenvalue weighted by Crippen LogP contribution is 2.31. The van der Waals surface area contributed by atoms with Crippen molar-refractivity contribution in [2.24, 2.45) is 0 Å². The maximum Gasteiger partial charge on any atom is 0.257 e. The molecule has 2 N–H and O–H groups in total. The van der Waals surface area contributed by atoms with E-state index in [2.05, 4.69) is 4.90 Å². The van der Waals surface area contributed by atoms with Crippen molar-refractivity contribution in [3.63, 3.8) is 0 Å². The minimum Gasteiger partial charge on any atom is -0.496 e. The van der Waals surface area contributed by atoms with Crippen molar-refractivity contribution in [2.75, 3.05) is 39.0 Å². The Morgan fingerprint density at radius 3 is 2.95 bits per heavy atom. The number of carbonyl (C=O) groups excluding carboxylic acids is 1. The summed E-state index contributed by atoms with van der Waals surface area (Å²) < 4.78 is 5.28. The number of ether oxygens (including phenoxy) is 1. The molecule has 2 heterocycles. The van der Waals surface area contributed by atoms with E-state index >= 15 is 0 Å². The molecule has 2 aliphatic rings. The van der Waals surface area contributed by atoms with Gasteiger partial charge in [-0.2, -0.15) is 0 Å². The molecule has 2 fully saturated rings. The van der Waals surface area contributed by atoms with E-state index in [-0.39, 0.29) is 5.91 Å². The molecule has 6 heteroatoms. The van der Waals surface area contributed by atoms with Gasteiger partial charge in [0.15, 0.2) is 0 Å². The number of nitrogen functional groups attached to an aromatic ring is 1. The highest BCUT2D eigenvalue weighted by atomic mass is 35.5. The Morgan fingerprint density at radius 1 is 1.38 bits per heavy atom. The van der Waals surface area contributed by atoms with Gasteiger partial charge in [0.2, 0.25) is 0 Å². The predicted molar refractivity (Wildman–Crippen MR) is 82.9 cm³/mol. The highest BCUT2D eigenvalue weighted by molar-refractivity contribution is 6.33. The van der Waals surface area contributed by atoms with E-state index in [9.17, 15) is 4.79 Å². The van der Waals surface area contributed by atoms with Crippen molar-refractivity contribution in [3.8, 4) is 5.75 Å². The van der Waals surface area contributed by atoms with Crippen LogP contribution in [0.25, 0.3) is 0 Å². The van der Waals surface area contributed by atoms with Gasteiger partial charge in [-0.15, -0.1) is 0 Å². The molecular formula is C15H20ClN3O2. The van der Waals surface area contributed by atoms with E-state index in [4.69, 9.17) is 22.1 Å². The van der Waals surface area contributed by atoms with Gasteiger partial charge < -0.3 is 15.4 Å². The summed E-state index contributed by atoms with van der Waals surface area (Å²) >= 11 is 6.06. The maximum absolute atomic E-state index is 12.8. The van der Waals surface area contributed by atoms with Crippen molar-refractivity contribution < 1.29 is 9.53 Å². The number of methoxy groups -OCH3 is 1. The number of fused-ring (bicyclic) bond motifs is 1. The number of halogens is 1. The Kier molecular flexibility index (Phi) is 3.95. The number of piperazine rings is 1. The zero-order valence-electron chi connectivity index (χ0n) is 12.1. The third kappa shape index (κ3) is 2.68. The number of rotatable bonds is 2. The largest absolute Gasteiger partial charge is 0.496 e. The number of carbonyl (C=O) groups is 1. The number of hydrogen-bond donors (Lipinski definition) is 1. The second-order valence-corrected chi connectivity index (χ2v) is 6.06. The lowest BCUT2D eigenvalue weighted by Crippen LogP contribution is -2.52. The van der Waals surface area contributed by atoms with Crippen LogP contribution in [0.1, 0.15) is 23.2 Å². The summed E-state index contributed by atoms with van der Waals surface area (Å²) in [5.74, 6) is 0.455. The summed E-state index contributed by atoms with van der Waals surface area (Å²) in [7, 11) is 1.54. The normalized spacial score (nSPS) is 22.2. The Labute approximate surface area is 129 Å². The number of amides is 1. The van der Waals surface area contributed by atoms with Crippen molar-refractivity contribution in [1.29, 1.82) is 0 Å². The average molecular weight is 310 g/mol. The summed E-state index contributed by atoms with van der Waals surface area (Å²) in [5.41, 5.74) is 6.68. The number of nitrogens with zero attached hydrogens (tertiary/aromatic N) is 2. The van der Waals surface area contributed by atoms with Gasteiger partial charge >= 0.3 is 0 Å². The second-order valence-electron chi connectivity index (χ2n) is 5.66. The molecular weight excluding hydrogens is 290 g/mol. The predicted octanol–water partition coefficient (Wildman–Crippen LogP) is 1.85. The first-order valence-corrected chi connectivity index (χ1v) is 7.64. The van der Waals surface area contributed by atoms with Crippen LogP contribution in [0.4, 0.5) is 5.69 Å². The molecule has 2 aliphatic heterocycles. The molecule has 0 spiro atoms. The summed E-state index contributed by atoms with van der Waals surface area (Å²) in [6, 6.07) is 3.72. The van der Waals surface area contributed by atoms with Crippen molar-refractivity contribution in [3.05, 3.63) is 22.7 Å². The molecule has 1 aromatic carbocycles. The highest BCUT2D eigenvalue weighted by Gasteiger charge is 2.33. The number of anilines is 1. The summed E-state index contributed by atoms with van der Waals surface area (Å²) in [4.78, 5) is 17.1. The first kappa shape index (κ1) is 14.5. The van der Waals surface area contributed by atoms with Gasteiger partial charge in [-0.1, -0.05) is 11.6 Å². The van der Waals surface area contributed by atoms with Crippen LogP contribution >= 0.6 is 11.6 Å². The Balaban J connectivity index is 1.83. The van der Waals surface area contributed by atoms with Crippen molar-refractivity contribution in [1.82, 2.24) is 9.80 Å². The molecule has 0 aliphatic carbocycles. The third-order valence-electron chi connectivity index (χ3n) is 4.42. The van der Waals surface area contributed by atoms with E-state index in [0.717, 1.165) is 26.2 Å². The quantitative estimate of drug-likeness (QED) is 0.847. The molecule has 2 saturated heterocycles. The summed E-state index contributed by atoms with van der Waals surface area (Å²) in [6.07, 6.45) is 2.40. The molecule has 1 unspecified atom stereocenters. The molecule has 0 saturated carbocycles. The topological polar surface area (TPSA) is 58.8 Å². The van der Waals surface area contributed by atoms with Crippen LogP contribution in [0.3, 0.4) is 0 Å². The fourth-order valence-electron chi connectivity index (χ4n) is 3.25. The van der Waals surface area contributed by atoms with Gasteiger partial charge in [0, 0.05) is 31.7 Å². The lowest BCUT2D eigenvalue weighted by Gasteiger charge is -2.37. The Hall–Kier alpha value is -1.46. The Morgan fingerprint density at radius 2 is 2.19 bits per heavy atom. The first-order valence-electron chi connectivity index (χ1n) is 7.26. The smallest absolute Gasteiger partial charge is 0.257 e. The van der Waals surface area contributed by atoms with Crippen LogP contribution in [0.2, 0.25) is 5.02 Å². The number of hydrogen-bond acceptors (Lipinski definition) is 4. The van der Waals surface area contributed by atoms with E-state index in [1.54, 1.807) is 12.1 Å². The molecule has 5 nitrogen and oxygen atoms in total. The van der Waals surface area contributed by atoms with E-state index in [0.29, 0.717) is 28.1 Å². The fourth-order valence-corrected chi connectivity index (χ4v) is 3.41. The Bertz CT molecular complexity index is 564. The molecule has 21 heavy (non-hydrogen) atoms. The monoisotopic (exact) mass is 309 g/mol. The van der Waals surface area contributed by atoms with Gasteiger partial charge in [0.05, 0.1) is 23.4 Å². The van der Waals surface area contributed by atoms with Crippen LogP contribution in [0.5, 0.6) is 5.75 Å². The third-order valence-corrected chi connectivity index (χ3v) is 4.75. The molecule has 0 bridgehead atoms. The molecule has 3 rings (SSSR count). The minimum absolute atomic E-state index is 0.0275. The summed E-state index contributed by atoms with van der Waals surface area (Å²) in [6.45, 7) is 3.63. The standard InChI is InChI=1S/C15H20ClN3O2/c1-21-14-8-13(17)12(16)7-11(14)15(20)19-6-5-18-4-2-3-10(18)9-19/h7-8,10H,2-6,9,17H2,1H3. The minimum atomic E-state index is -0.0275. The first-order chi connectivity index (χ1) is 10.1. The maximum atomic E-state index is 12.8. The average Bonchev–Trinajstić information content (AvgIpc) is 2.96. The van der Waals surface area contributed by atoms with E-state index in [1.165, 1.54) is 20.0 Å². The molecule has 0 radical (unpaired) electrons. The second kappa shape index (κ2) is 5.73.